The molecule has 3 rings (SSSR count). The smallest absolute Gasteiger partial charge is 0.194 e. The van der Waals surface area contributed by atoms with Gasteiger partial charge in [-0.05, 0) is 35.1 Å². The molecule has 0 radical (unpaired) electrons. The summed E-state index contributed by atoms with van der Waals surface area (Å²) < 4.78 is 5.44. The molecule has 0 bridgehead atoms. The first-order chi connectivity index (χ1) is 12.8. The molecule has 0 amide bonds. The van der Waals surface area contributed by atoms with Crippen LogP contribution in [0.2, 0.25) is 0 Å². The maximum absolute atomic E-state index is 5.44. The van der Waals surface area contributed by atoms with Gasteiger partial charge in [-0.1, -0.05) is 64.1 Å². The molecule has 1 heterocycles. The number of aryl methyl sites for hydroxylation is 1. The Morgan fingerprint density at radius 2 is 1.56 bits per heavy atom. The van der Waals surface area contributed by atoms with Gasteiger partial charge in [-0.3, -0.25) is 0 Å². The molecule has 0 aliphatic rings. The average Bonchev–Trinajstić information content (AvgIpc) is 3.11. The molecular formula is C24H30N2O. The largest absolute Gasteiger partial charge is 0.448 e. The lowest BCUT2D eigenvalue weighted by Gasteiger charge is -2.21. The van der Waals surface area contributed by atoms with Crippen molar-refractivity contribution in [2.75, 3.05) is 11.9 Å². The summed E-state index contributed by atoms with van der Waals surface area (Å²) in [6.45, 7) is 9.77. The van der Waals surface area contributed by atoms with E-state index in [1.165, 1.54) is 16.8 Å². The van der Waals surface area contributed by atoms with Gasteiger partial charge >= 0.3 is 0 Å². The molecule has 27 heavy (non-hydrogen) atoms. The molecule has 0 fully saturated rings. The number of anilines is 1. The number of hydrogen-bond donors (Lipinski definition) is 0. The molecule has 3 aromatic rings. The minimum absolute atomic E-state index is 0.321. The van der Waals surface area contributed by atoms with Crippen LogP contribution in [0.1, 0.15) is 44.7 Å². The molecular weight excluding hydrogens is 332 g/mol. The van der Waals surface area contributed by atoms with Crippen molar-refractivity contribution in [2.24, 2.45) is 5.41 Å². The molecule has 0 saturated heterocycles. The van der Waals surface area contributed by atoms with E-state index in [0.717, 1.165) is 36.5 Å². The third-order valence-electron chi connectivity index (χ3n) is 4.64. The van der Waals surface area contributed by atoms with Crippen molar-refractivity contribution in [1.29, 1.82) is 0 Å². The van der Waals surface area contributed by atoms with Crippen molar-refractivity contribution in [3.63, 3.8) is 0 Å². The van der Waals surface area contributed by atoms with E-state index in [4.69, 9.17) is 4.42 Å². The van der Waals surface area contributed by atoms with Crippen molar-refractivity contribution in [1.82, 2.24) is 4.98 Å². The summed E-state index contributed by atoms with van der Waals surface area (Å²) in [4.78, 5) is 6.76. The normalized spacial score (nSPS) is 11.6. The Kier molecular flexibility index (Phi) is 5.69. The maximum atomic E-state index is 5.44. The van der Waals surface area contributed by atoms with Crippen LogP contribution < -0.4 is 4.90 Å². The fourth-order valence-corrected chi connectivity index (χ4v) is 3.23. The minimum atomic E-state index is 0.321. The van der Waals surface area contributed by atoms with Gasteiger partial charge in [0, 0.05) is 31.3 Å². The average molecular weight is 363 g/mol. The first-order valence-electron chi connectivity index (χ1n) is 9.68. The van der Waals surface area contributed by atoms with Gasteiger partial charge in [0.05, 0.1) is 0 Å². The molecule has 0 aliphatic carbocycles. The number of benzene rings is 2. The molecule has 0 unspecified atom stereocenters. The SMILES string of the molecule is CCc1nc(-c2ccc(N(C)Cc3ccc(CC(C)(C)C)cc3)cc2)co1. The molecule has 3 heteroatoms. The Hall–Kier alpha value is -2.55. The van der Waals surface area contributed by atoms with Crippen molar-refractivity contribution in [3.8, 4) is 11.3 Å². The van der Waals surface area contributed by atoms with Crippen LogP contribution in [0.25, 0.3) is 11.3 Å². The van der Waals surface area contributed by atoms with Crippen LogP contribution in [-0.4, -0.2) is 12.0 Å². The summed E-state index contributed by atoms with van der Waals surface area (Å²) in [6.07, 6.45) is 3.65. The Morgan fingerprint density at radius 3 is 2.11 bits per heavy atom. The van der Waals surface area contributed by atoms with E-state index in [0.29, 0.717) is 5.41 Å². The van der Waals surface area contributed by atoms with E-state index in [2.05, 4.69) is 86.2 Å². The van der Waals surface area contributed by atoms with Crippen LogP contribution in [0.15, 0.2) is 59.2 Å². The summed E-state index contributed by atoms with van der Waals surface area (Å²) in [5.74, 6) is 0.779. The quantitative estimate of drug-likeness (QED) is 0.528. The van der Waals surface area contributed by atoms with Crippen LogP contribution in [0.3, 0.4) is 0 Å². The highest BCUT2D eigenvalue weighted by atomic mass is 16.3. The fourth-order valence-electron chi connectivity index (χ4n) is 3.23. The first-order valence-corrected chi connectivity index (χ1v) is 9.68. The van der Waals surface area contributed by atoms with Crippen molar-refractivity contribution >= 4 is 5.69 Å². The van der Waals surface area contributed by atoms with Gasteiger partial charge in [0.25, 0.3) is 0 Å². The summed E-state index contributed by atoms with van der Waals surface area (Å²) in [5, 5.41) is 0. The summed E-state index contributed by atoms with van der Waals surface area (Å²) >= 11 is 0. The Morgan fingerprint density at radius 1 is 0.926 bits per heavy atom. The lowest BCUT2D eigenvalue weighted by Crippen LogP contribution is -2.16. The Bertz CT molecular complexity index is 855. The second kappa shape index (κ2) is 7.99. The Balaban J connectivity index is 1.64. The summed E-state index contributed by atoms with van der Waals surface area (Å²) in [5.41, 5.74) is 6.22. The molecule has 0 N–H and O–H groups in total. The standard InChI is InChI=1S/C24H30N2O/c1-6-23-25-22(17-27-23)20-11-13-21(14-12-20)26(5)16-19-9-7-18(8-10-19)15-24(2,3)4/h7-14,17H,6,15-16H2,1-5H3. The summed E-state index contributed by atoms with van der Waals surface area (Å²) in [7, 11) is 2.13. The molecule has 1 aromatic heterocycles. The zero-order chi connectivity index (χ0) is 19.4. The zero-order valence-electron chi connectivity index (χ0n) is 17.1. The highest BCUT2D eigenvalue weighted by Gasteiger charge is 2.11. The molecule has 0 atom stereocenters. The fraction of sp³-hybridized carbons (Fsp3) is 0.375. The zero-order valence-corrected chi connectivity index (χ0v) is 17.1. The van der Waals surface area contributed by atoms with Gasteiger partial charge in [0.1, 0.15) is 12.0 Å². The predicted molar refractivity (Wildman–Crippen MR) is 113 cm³/mol. The van der Waals surface area contributed by atoms with Crippen LogP contribution in [-0.2, 0) is 19.4 Å². The van der Waals surface area contributed by atoms with Crippen molar-refractivity contribution < 1.29 is 4.42 Å². The van der Waals surface area contributed by atoms with Gasteiger partial charge in [-0.2, -0.15) is 0 Å². The highest BCUT2D eigenvalue weighted by Crippen LogP contribution is 2.24. The van der Waals surface area contributed by atoms with E-state index < -0.39 is 0 Å². The van der Waals surface area contributed by atoms with E-state index in [1.807, 2.05) is 6.92 Å². The van der Waals surface area contributed by atoms with Gasteiger partial charge < -0.3 is 9.32 Å². The molecule has 0 saturated carbocycles. The Labute approximate surface area is 163 Å². The van der Waals surface area contributed by atoms with Gasteiger partial charge in [-0.25, -0.2) is 4.98 Å². The number of oxazole rings is 1. The molecule has 0 spiro atoms. The van der Waals surface area contributed by atoms with Crippen molar-refractivity contribution in [3.05, 3.63) is 71.8 Å². The number of nitrogens with zero attached hydrogens (tertiary/aromatic N) is 2. The van der Waals surface area contributed by atoms with Gasteiger partial charge in [0.15, 0.2) is 5.89 Å². The molecule has 142 valence electrons. The summed E-state index contributed by atoms with van der Waals surface area (Å²) in [6, 6.07) is 17.5. The van der Waals surface area contributed by atoms with E-state index in [-0.39, 0.29) is 0 Å². The minimum Gasteiger partial charge on any atom is -0.448 e. The predicted octanol–water partition coefficient (Wildman–Crippen LogP) is 6.13. The third-order valence-corrected chi connectivity index (χ3v) is 4.64. The molecule has 2 aromatic carbocycles. The van der Waals surface area contributed by atoms with Crippen LogP contribution >= 0.6 is 0 Å². The first kappa shape index (κ1) is 19.2. The van der Waals surface area contributed by atoms with Crippen molar-refractivity contribution in [2.45, 2.75) is 47.1 Å². The lowest BCUT2D eigenvalue weighted by molar-refractivity contribution is 0.411. The topological polar surface area (TPSA) is 29.3 Å². The second-order valence-corrected chi connectivity index (χ2v) is 8.44. The van der Waals surface area contributed by atoms with Crippen LogP contribution in [0, 0.1) is 5.41 Å². The highest BCUT2D eigenvalue weighted by molar-refractivity contribution is 5.62. The lowest BCUT2D eigenvalue weighted by atomic mass is 9.88. The molecule has 3 nitrogen and oxygen atoms in total. The van der Waals surface area contributed by atoms with E-state index in [9.17, 15) is 0 Å². The van der Waals surface area contributed by atoms with Gasteiger partial charge in [-0.15, -0.1) is 0 Å². The van der Waals surface area contributed by atoms with Gasteiger partial charge in [0.2, 0.25) is 0 Å². The third kappa shape index (κ3) is 5.22. The van der Waals surface area contributed by atoms with E-state index in [1.54, 1.807) is 6.26 Å². The maximum Gasteiger partial charge on any atom is 0.194 e. The van der Waals surface area contributed by atoms with E-state index >= 15 is 0 Å². The number of aromatic nitrogens is 1. The molecule has 0 aliphatic heterocycles. The monoisotopic (exact) mass is 362 g/mol. The number of hydrogen-bond acceptors (Lipinski definition) is 3. The second-order valence-electron chi connectivity index (χ2n) is 8.44. The van der Waals surface area contributed by atoms with Crippen LogP contribution in [0.5, 0.6) is 0 Å². The van der Waals surface area contributed by atoms with Crippen LogP contribution in [0.4, 0.5) is 5.69 Å². The number of rotatable bonds is 6.